The van der Waals surface area contributed by atoms with Gasteiger partial charge in [0.15, 0.2) is 0 Å². The molecule has 0 spiro atoms. The summed E-state index contributed by atoms with van der Waals surface area (Å²) in [5.41, 5.74) is 2.31. The van der Waals surface area contributed by atoms with E-state index in [-0.39, 0.29) is 0 Å². The maximum absolute atomic E-state index is 4.55. The predicted octanol–water partition coefficient (Wildman–Crippen LogP) is 3.87. The van der Waals surface area contributed by atoms with Gasteiger partial charge in [0.05, 0.1) is 21.9 Å². The van der Waals surface area contributed by atoms with Crippen molar-refractivity contribution < 1.29 is 0 Å². The Labute approximate surface area is 94.8 Å². The Hall–Kier alpha value is -0.310. The summed E-state index contributed by atoms with van der Waals surface area (Å²) in [7, 11) is 0. The van der Waals surface area contributed by atoms with E-state index >= 15 is 0 Å². The lowest BCUT2D eigenvalue weighted by molar-refractivity contribution is 0.337. The summed E-state index contributed by atoms with van der Waals surface area (Å²) in [6, 6.07) is 0.477. The van der Waals surface area contributed by atoms with Gasteiger partial charge in [-0.15, -0.1) is 0 Å². The SMILES string of the molecule is CCC(C)C(C)n1nc(C)c(Br)c1C. The largest absolute Gasteiger partial charge is 0.265 e. The van der Waals surface area contributed by atoms with Crippen molar-refractivity contribution in [1.82, 2.24) is 9.78 Å². The summed E-state index contributed by atoms with van der Waals surface area (Å²) < 4.78 is 3.28. The van der Waals surface area contributed by atoms with E-state index in [2.05, 4.69) is 53.4 Å². The third kappa shape index (κ3) is 2.02. The van der Waals surface area contributed by atoms with Crippen LogP contribution in [-0.4, -0.2) is 9.78 Å². The molecule has 0 aliphatic rings. The highest BCUT2D eigenvalue weighted by molar-refractivity contribution is 9.10. The molecule has 0 bridgehead atoms. The van der Waals surface area contributed by atoms with E-state index in [0.29, 0.717) is 12.0 Å². The molecular formula is C11H19BrN2. The minimum Gasteiger partial charge on any atom is -0.265 e. The van der Waals surface area contributed by atoms with Crippen LogP contribution in [0.4, 0.5) is 0 Å². The number of hydrogen-bond acceptors (Lipinski definition) is 1. The summed E-state index contributed by atoms with van der Waals surface area (Å²) in [5.74, 6) is 0.667. The summed E-state index contributed by atoms with van der Waals surface area (Å²) >= 11 is 3.56. The molecular weight excluding hydrogens is 240 g/mol. The molecule has 0 radical (unpaired) electrons. The van der Waals surface area contributed by atoms with Crippen LogP contribution in [0.5, 0.6) is 0 Å². The smallest absolute Gasteiger partial charge is 0.0738 e. The van der Waals surface area contributed by atoms with E-state index in [1.807, 2.05) is 6.92 Å². The molecule has 0 aliphatic carbocycles. The van der Waals surface area contributed by atoms with Crippen LogP contribution in [0, 0.1) is 19.8 Å². The first-order valence-electron chi connectivity index (χ1n) is 5.20. The molecule has 0 N–H and O–H groups in total. The van der Waals surface area contributed by atoms with Gasteiger partial charge in [0.25, 0.3) is 0 Å². The van der Waals surface area contributed by atoms with Crippen molar-refractivity contribution in [2.45, 2.75) is 47.1 Å². The second-order valence-electron chi connectivity index (χ2n) is 4.06. The molecule has 1 rings (SSSR count). The summed E-state index contributed by atoms with van der Waals surface area (Å²) in [4.78, 5) is 0. The van der Waals surface area contributed by atoms with Crippen LogP contribution in [-0.2, 0) is 0 Å². The first kappa shape index (κ1) is 11.8. The second-order valence-corrected chi connectivity index (χ2v) is 4.85. The summed E-state index contributed by atoms with van der Waals surface area (Å²) in [6.45, 7) is 10.9. The van der Waals surface area contributed by atoms with Crippen LogP contribution >= 0.6 is 15.9 Å². The zero-order valence-corrected chi connectivity index (χ0v) is 11.2. The highest BCUT2D eigenvalue weighted by Crippen LogP contribution is 2.27. The second kappa shape index (κ2) is 4.47. The lowest BCUT2D eigenvalue weighted by Crippen LogP contribution is -2.16. The van der Waals surface area contributed by atoms with Crippen molar-refractivity contribution in [3.8, 4) is 0 Å². The fraction of sp³-hybridized carbons (Fsp3) is 0.727. The Morgan fingerprint density at radius 3 is 2.29 bits per heavy atom. The van der Waals surface area contributed by atoms with Crippen molar-refractivity contribution >= 4 is 15.9 Å². The van der Waals surface area contributed by atoms with Crippen molar-refractivity contribution in [3.63, 3.8) is 0 Å². The molecule has 2 nitrogen and oxygen atoms in total. The Balaban J connectivity index is 3.01. The average Bonchev–Trinajstić information content (AvgIpc) is 2.43. The Morgan fingerprint density at radius 1 is 1.36 bits per heavy atom. The van der Waals surface area contributed by atoms with Gasteiger partial charge in [0.2, 0.25) is 0 Å². The van der Waals surface area contributed by atoms with E-state index in [1.165, 1.54) is 12.1 Å². The summed E-state index contributed by atoms with van der Waals surface area (Å²) in [5, 5.41) is 4.55. The monoisotopic (exact) mass is 258 g/mol. The molecule has 2 atom stereocenters. The van der Waals surface area contributed by atoms with Crippen molar-refractivity contribution in [2.24, 2.45) is 5.92 Å². The standard InChI is InChI=1S/C11H19BrN2/c1-6-7(2)9(4)14-10(5)11(12)8(3)13-14/h7,9H,6H2,1-5H3. The third-order valence-electron chi connectivity index (χ3n) is 3.09. The van der Waals surface area contributed by atoms with Gasteiger partial charge in [-0.3, -0.25) is 4.68 Å². The van der Waals surface area contributed by atoms with Crippen LogP contribution < -0.4 is 0 Å². The van der Waals surface area contributed by atoms with Gasteiger partial charge in [0, 0.05) is 0 Å². The van der Waals surface area contributed by atoms with Crippen molar-refractivity contribution in [3.05, 3.63) is 15.9 Å². The van der Waals surface area contributed by atoms with Gasteiger partial charge in [-0.25, -0.2) is 0 Å². The van der Waals surface area contributed by atoms with Gasteiger partial charge < -0.3 is 0 Å². The van der Waals surface area contributed by atoms with Gasteiger partial charge >= 0.3 is 0 Å². The number of aryl methyl sites for hydroxylation is 1. The summed E-state index contributed by atoms with van der Waals surface area (Å²) in [6.07, 6.45) is 1.19. The van der Waals surface area contributed by atoms with Crippen LogP contribution in [0.25, 0.3) is 0 Å². The first-order valence-corrected chi connectivity index (χ1v) is 5.99. The van der Waals surface area contributed by atoms with E-state index in [0.717, 1.165) is 10.2 Å². The van der Waals surface area contributed by atoms with Gasteiger partial charge in [-0.1, -0.05) is 20.3 Å². The molecule has 1 aromatic heterocycles. The molecule has 0 aromatic carbocycles. The molecule has 2 unspecified atom stereocenters. The minimum atomic E-state index is 0.477. The number of rotatable bonds is 3. The Morgan fingerprint density at radius 2 is 1.93 bits per heavy atom. The fourth-order valence-corrected chi connectivity index (χ4v) is 1.88. The van der Waals surface area contributed by atoms with E-state index < -0.39 is 0 Å². The number of nitrogens with zero attached hydrogens (tertiary/aromatic N) is 2. The molecule has 0 saturated carbocycles. The van der Waals surface area contributed by atoms with Crippen molar-refractivity contribution in [2.75, 3.05) is 0 Å². The zero-order chi connectivity index (χ0) is 10.9. The molecule has 3 heteroatoms. The molecule has 14 heavy (non-hydrogen) atoms. The maximum atomic E-state index is 4.55. The van der Waals surface area contributed by atoms with E-state index in [4.69, 9.17) is 0 Å². The van der Waals surface area contributed by atoms with Crippen LogP contribution in [0.15, 0.2) is 4.47 Å². The predicted molar refractivity (Wildman–Crippen MR) is 63.6 cm³/mol. The molecule has 0 amide bonds. The minimum absolute atomic E-state index is 0.477. The van der Waals surface area contributed by atoms with Gasteiger partial charge in [-0.05, 0) is 42.6 Å². The number of aromatic nitrogens is 2. The molecule has 0 aliphatic heterocycles. The van der Waals surface area contributed by atoms with Crippen LogP contribution in [0.2, 0.25) is 0 Å². The topological polar surface area (TPSA) is 17.8 Å². The fourth-order valence-electron chi connectivity index (χ4n) is 1.62. The molecule has 1 heterocycles. The molecule has 0 saturated heterocycles. The van der Waals surface area contributed by atoms with E-state index in [1.54, 1.807) is 0 Å². The maximum Gasteiger partial charge on any atom is 0.0738 e. The molecule has 0 fully saturated rings. The Kier molecular flexibility index (Phi) is 3.76. The third-order valence-corrected chi connectivity index (χ3v) is 4.24. The highest BCUT2D eigenvalue weighted by atomic mass is 79.9. The van der Waals surface area contributed by atoms with Gasteiger partial charge in [0.1, 0.15) is 0 Å². The van der Waals surface area contributed by atoms with Crippen molar-refractivity contribution in [1.29, 1.82) is 0 Å². The van der Waals surface area contributed by atoms with Gasteiger partial charge in [-0.2, -0.15) is 5.10 Å². The average molecular weight is 259 g/mol. The first-order chi connectivity index (χ1) is 6.49. The zero-order valence-electron chi connectivity index (χ0n) is 9.63. The quantitative estimate of drug-likeness (QED) is 0.805. The van der Waals surface area contributed by atoms with Crippen LogP contribution in [0.3, 0.4) is 0 Å². The lowest BCUT2D eigenvalue weighted by Gasteiger charge is -2.20. The number of hydrogen-bond donors (Lipinski definition) is 0. The highest BCUT2D eigenvalue weighted by Gasteiger charge is 2.17. The molecule has 80 valence electrons. The molecule has 1 aromatic rings. The number of halogens is 1. The normalized spacial score (nSPS) is 15.6. The Bertz CT molecular complexity index is 317. The lowest BCUT2D eigenvalue weighted by atomic mass is 10.0. The van der Waals surface area contributed by atoms with Crippen LogP contribution in [0.1, 0.15) is 44.6 Å². The van der Waals surface area contributed by atoms with E-state index in [9.17, 15) is 0 Å².